The minimum Gasteiger partial charge on any atom is -0.352 e. The van der Waals surface area contributed by atoms with Crippen LogP contribution >= 0.6 is 0 Å². The molecule has 0 aliphatic heterocycles. The van der Waals surface area contributed by atoms with Crippen LogP contribution < -0.4 is 5.32 Å². The van der Waals surface area contributed by atoms with E-state index in [2.05, 4.69) is 53.0 Å². The monoisotopic (exact) mass is 452 g/mol. The number of aryl methyl sites for hydroxylation is 2. The molecule has 5 rings (SSSR count). The zero-order chi connectivity index (χ0) is 23.5. The molecule has 0 saturated heterocycles. The van der Waals surface area contributed by atoms with E-state index in [-0.39, 0.29) is 5.91 Å². The van der Waals surface area contributed by atoms with Crippen molar-refractivity contribution in [3.8, 4) is 11.5 Å². The number of benzene rings is 2. The summed E-state index contributed by atoms with van der Waals surface area (Å²) in [6.07, 6.45) is 8.73. The molecule has 0 radical (unpaired) electrons. The predicted octanol–water partition coefficient (Wildman–Crippen LogP) is 6.19. The number of hydrogen-bond acceptors (Lipinski definition) is 3. The van der Waals surface area contributed by atoms with Crippen molar-refractivity contribution in [1.82, 2.24) is 19.9 Å². The molecule has 0 atom stereocenters. The van der Waals surface area contributed by atoms with Crippen LogP contribution in [0, 0.1) is 13.8 Å². The molecular formula is C29H32N4O. The van der Waals surface area contributed by atoms with Gasteiger partial charge in [-0.05, 0) is 80.1 Å². The zero-order valence-electron chi connectivity index (χ0n) is 20.1. The molecule has 2 aromatic heterocycles. The quantitative estimate of drug-likeness (QED) is 0.379. The average molecular weight is 453 g/mol. The van der Waals surface area contributed by atoms with E-state index in [9.17, 15) is 4.79 Å². The molecule has 1 saturated carbocycles. The van der Waals surface area contributed by atoms with Crippen LogP contribution in [0.2, 0.25) is 0 Å². The first-order chi connectivity index (χ1) is 16.6. The maximum Gasteiger partial charge on any atom is 0.251 e. The van der Waals surface area contributed by atoms with Gasteiger partial charge in [0, 0.05) is 24.3 Å². The standard InChI is InChI=1S/C29H32N4O/c1-20-11-12-22(18-21(20)2)15-17-31-29(34)23-13-14-27-26(19-23)32-28(25-10-6-7-16-30-25)33(27)24-8-4-3-5-9-24/h6-7,10-14,16,18-19,24H,3-5,8-9,15,17H2,1-2H3,(H,31,34). The van der Waals surface area contributed by atoms with Crippen LogP contribution in [0.5, 0.6) is 0 Å². The smallest absolute Gasteiger partial charge is 0.251 e. The van der Waals surface area contributed by atoms with Crippen molar-refractivity contribution in [3.05, 3.63) is 83.0 Å². The molecule has 1 aliphatic rings. The van der Waals surface area contributed by atoms with Crippen LogP contribution in [-0.4, -0.2) is 27.0 Å². The molecule has 1 amide bonds. The van der Waals surface area contributed by atoms with Crippen molar-refractivity contribution in [3.63, 3.8) is 0 Å². The van der Waals surface area contributed by atoms with E-state index < -0.39 is 0 Å². The lowest BCUT2D eigenvalue weighted by atomic mass is 9.95. The molecule has 0 unspecified atom stereocenters. The second-order valence-electron chi connectivity index (χ2n) is 9.44. The first-order valence-corrected chi connectivity index (χ1v) is 12.4. The molecule has 0 spiro atoms. The molecule has 1 aliphatic carbocycles. The highest BCUT2D eigenvalue weighted by Gasteiger charge is 2.23. The first-order valence-electron chi connectivity index (χ1n) is 12.4. The maximum absolute atomic E-state index is 12.9. The van der Waals surface area contributed by atoms with Gasteiger partial charge in [-0.2, -0.15) is 0 Å². The first kappa shape index (κ1) is 22.3. The Bertz CT molecular complexity index is 1300. The van der Waals surface area contributed by atoms with E-state index in [0.29, 0.717) is 18.2 Å². The van der Waals surface area contributed by atoms with Crippen molar-refractivity contribution in [2.75, 3.05) is 6.54 Å². The van der Waals surface area contributed by atoms with Crippen molar-refractivity contribution in [2.24, 2.45) is 0 Å². The minimum absolute atomic E-state index is 0.0580. The van der Waals surface area contributed by atoms with Crippen LogP contribution in [0.15, 0.2) is 60.8 Å². The molecule has 34 heavy (non-hydrogen) atoms. The lowest BCUT2D eigenvalue weighted by Crippen LogP contribution is -2.25. The molecule has 0 bridgehead atoms. The van der Waals surface area contributed by atoms with E-state index in [1.165, 1.54) is 36.0 Å². The molecule has 1 fully saturated rings. The minimum atomic E-state index is -0.0580. The lowest BCUT2D eigenvalue weighted by Gasteiger charge is -2.25. The van der Waals surface area contributed by atoms with Gasteiger partial charge in [0.05, 0.1) is 11.0 Å². The number of amides is 1. The lowest BCUT2D eigenvalue weighted by molar-refractivity contribution is 0.0954. The Morgan fingerprint density at radius 1 is 1.00 bits per heavy atom. The van der Waals surface area contributed by atoms with Crippen molar-refractivity contribution >= 4 is 16.9 Å². The SMILES string of the molecule is Cc1ccc(CCNC(=O)c2ccc3c(c2)nc(-c2ccccn2)n3C2CCCCC2)cc1C. The molecule has 4 aromatic rings. The van der Waals surface area contributed by atoms with Crippen molar-refractivity contribution < 1.29 is 4.79 Å². The fourth-order valence-electron chi connectivity index (χ4n) is 5.01. The molecule has 5 heteroatoms. The Morgan fingerprint density at radius 3 is 2.62 bits per heavy atom. The van der Waals surface area contributed by atoms with Gasteiger partial charge in [0.15, 0.2) is 5.82 Å². The Kier molecular flexibility index (Phi) is 6.43. The average Bonchev–Trinajstić information content (AvgIpc) is 3.26. The number of pyridine rings is 1. The highest BCUT2D eigenvalue weighted by molar-refractivity contribution is 5.97. The molecule has 2 aromatic carbocycles. The van der Waals surface area contributed by atoms with Crippen LogP contribution in [0.25, 0.3) is 22.6 Å². The number of carbonyl (C=O) groups is 1. The van der Waals surface area contributed by atoms with Gasteiger partial charge in [0.2, 0.25) is 0 Å². The van der Waals surface area contributed by atoms with Gasteiger partial charge in [-0.15, -0.1) is 0 Å². The molecule has 1 N–H and O–H groups in total. The number of rotatable bonds is 6. The third-order valence-corrected chi connectivity index (χ3v) is 7.06. The topological polar surface area (TPSA) is 59.8 Å². The second-order valence-corrected chi connectivity index (χ2v) is 9.44. The Labute approximate surface area is 201 Å². The van der Waals surface area contributed by atoms with E-state index >= 15 is 0 Å². The highest BCUT2D eigenvalue weighted by Crippen LogP contribution is 2.35. The third kappa shape index (κ3) is 4.60. The van der Waals surface area contributed by atoms with Crippen molar-refractivity contribution in [2.45, 2.75) is 58.4 Å². The van der Waals surface area contributed by atoms with E-state index in [4.69, 9.17) is 4.98 Å². The van der Waals surface area contributed by atoms with E-state index in [1.54, 1.807) is 0 Å². The number of aromatic nitrogens is 3. The number of carbonyl (C=O) groups excluding carboxylic acids is 1. The van der Waals surface area contributed by atoms with Gasteiger partial charge in [0.25, 0.3) is 5.91 Å². The summed E-state index contributed by atoms with van der Waals surface area (Å²) < 4.78 is 2.36. The summed E-state index contributed by atoms with van der Waals surface area (Å²) in [5.41, 5.74) is 7.28. The van der Waals surface area contributed by atoms with Gasteiger partial charge in [-0.3, -0.25) is 9.78 Å². The number of nitrogens with zero attached hydrogens (tertiary/aromatic N) is 3. The highest BCUT2D eigenvalue weighted by atomic mass is 16.1. The molecule has 5 nitrogen and oxygen atoms in total. The van der Waals surface area contributed by atoms with Gasteiger partial charge in [0.1, 0.15) is 5.69 Å². The van der Waals surface area contributed by atoms with Crippen LogP contribution in [0.4, 0.5) is 0 Å². The van der Waals surface area contributed by atoms with E-state index in [1.807, 2.05) is 36.5 Å². The Balaban J connectivity index is 1.39. The summed E-state index contributed by atoms with van der Waals surface area (Å²) in [4.78, 5) is 22.4. The summed E-state index contributed by atoms with van der Waals surface area (Å²) in [5, 5.41) is 3.08. The summed E-state index contributed by atoms with van der Waals surface area (Å²) in [6, 6.07) is 18.8. The summed E-state index contributed by atoms with van der Waals surface area (Å²) in [5.74, 6) is 0.840. The van der Waals surface area contributed by atoms with E-state index in [0.717, 1.165) is 41.8 Å². The molecule has 2 heterocycles. The van der Waals surface area contributed by atoms with Crippen molar-refractivity contribution in [1.29, 1.82) is 0 Å². The van der Waals surface area contributed by atoms with Crippen LogP contribution in [0.1, 0.15) is 65.2 Å². The fourth-order valence-corrected chi connectivity index (χ4v) is 5.01. The number of fused-ring (bicyclic) bond motifs is 1. The Morgan fingerprint density at radius 2 is 1.85 bits per heavy atom. The number of nitrogens with one attached hydrogen (secondary N) is 1. The molecule has 174 valence electrons. The van der Waals surface area contributed by atoms with Crippen LogP contribution in [-0.2, 0) is 6.42 Å². The molecular weight excluding hydrogens is 420 g/mol. The summed E-state index contributed by atoms with van der Waals surface area (Å²) in [6.45, 7) is 4.85. The van der Waals surface area contributed by atoms with Gasteiger partial charge < -0.3 is 9.88 Å². The second kappa shape index (κ2) is 9.80. The van der Waals surface area contributed by atoms with Gasteiger partial charge >= 0.3 is 0 Å². The fraction of sp³-hybridized carbons (Fsp3) is 0.345. The third-order valence-electron chi connectivity index (χ3n) is 7.06. The summed E-state index contributed by atoms with van der Waals surface area (Å²) >= 11 is 0. The maximum atomic E-state index is 12.9. The number of imidazole rings is 1. The largest absolute Gasteiger partial charge is 0.352 e. The number of hydrogen-bond donors (Lipinski definition) is 1. The predicted molar refractivity (Wildman–Crippen MR) is 137 cm³/mol. The Hall–Kier alpha value is -3.47. The van der Waals surface area contributed by atoms with Crippen LogP contribution in [0.3, 0.4) is 0 Å². The van der Waals surface area contributed by atoms with Gasteiger partial charge in [-0.1, -0.05) is 43.5 Å². The van der Waals surface area contributed by atoms with Gasteiger partial charge in [-0.25, -0.2) is 4.98 Å². The normalized spacial score (nSPS) is 14.4. The summed E-state index contributed by atoms with van der Waals surface area (Å²) in [7, 11) is 0. The zero-order valence-corrected chi connectivity index (χ0v) is 20.1.